The zero-order valence-corrected chi connectivity index (χ0v) is 9.01. The van der Waals surface area contributed by atoms with Crippen molar-refractivity contribution in [2.45, 2.75) is 37.4 Å². The number of rotatable bonds is 2. The summed E-state index contributed by atoms with van der Waals surface area (Å²) < 4.78 is 61.7. The Labute approximate surface area is 98.4 Å². The molecular weight excluding hydrogens is 265 g/mol. The minimum absolute atomic E-state index is 0.0966. The first-order valence-corrected chi connectivity index (χ1v) is 5.07. The van der Waals surface area contributed by atoms with Gasteiger partial charge < -0.3 is 10.0 Å². The van der Waals surface area contributed by atoms with Crippen LogP contribution in [0, 0.1) is 0 Å². The monoisotopic (exact) mass is 275 g/mol. The van der Waals surface area contributed by atoms with Crippen LogP contribution in [0.25, 0.3) is 0 Å². The molecule has 1 heterocycles. The molecule has 0 bridgehead atoms. The van der Waals surface area contributed by atoms with Crippen LogP contribution in [0.5, 0.6) is 0 Å². The van der Waals surface area contributed by atoms with Crippen LogP contribution in [0.2, 0.25) is 0 Å². The van der Waals surface area contributed by atoms with Crippen LogP contribution < -0.4 is 0 Å². The Morgan fingerprint density at radius 2 is 1.67 bits per heavy atom. The first kappa shape index (κ1) is 14.7. The van der Waals surface area contributed by atoms with E-state index in [2.05, 4.69) is 0 Å². The fraction of sp³-hybridized carbons (Fsp3) is 0.778. The van der Waals surface area contributed by atoms with Gasteiger partial charge in [-0.1, -0.05) is 0 Å². The Kier molecular flexibility index (Phi) is 3.82. The van der Waals surface area contributed by atoms with E-state index in [1.54, 1.807) is 0 Å². The lowest BCUT2D eigenvalue weighted by atomic mass is 10.0. The Hall–Kier alpha value is -1.41. The molecule has 0 saturated carbocycles. The SMILES string of the molecule is O=C(O)[C@H]1CCCCN1C(=O)C(F)(F)C(F)(F)F. The predicted molar refractivity (Wildman–Crippen MR) is 48.0 cm³/mol. The van der Waals surface area contributed by atoms with Gasteiger partial charge in [0.15, 0.2) is 0 Å². The average molecular weight is 275 g/mol. The van der Waals surface area contributed by atoms with Gasteiger partial charge in [-0.3, -0.25) is 4.79 Å². The van der Waals surface area contributed by atoms with Crippen LogP contribution in [0.1, 0.15) is 19.3 Å². The fourth-order valence-electron chi connectivity index (χ4n) is 1.73. The summed E-state index contributed by atoms with van der Waals surface area (Å²) in [6, 6.07) is -1.63. The highest BCUT2D eigenvalue weighted by Crippen LogP contribution is 2.38. The van der Waals surface area contributed by atoms with Crippen molar-refractivity contribution in [3.63, 3.8) is 0 Å². The molecule has 1 rings (SSSR count). The third-order valence-corrected chi connectivity index (χ3v) is 2.67. The largest absolute Gasteiger partial charge is 0.480 e. The van der Waals surface area contributed by atoms with E-state index in [1.165, 1.54) is 0 Å². The van der Waals surface area contributed by atoms with Crippen LogP contribution in [0.4, 0.5) is 22.0 Å². The van der Waals surface area contributed by atoms with Gasteiger partial charge in [-0.2, -0.15) is 22.0 Å². The predicted octanol–water partition coefficient (Wildman–Crippen LogP) is 1.65. The first-order chi connectivity index (χ1) is 8.09. The van der Waals surface area contributed by atoms with Crippen molar-refractivity contribution in [2.75, 3.05) is 6.54 Å². The zero-order valence-electron chi connectivity index (χ0n) is 9.01. The molecule has 1 N–H and O–H groups in total. The van der Waals surface area contributed by atoms with Crippen molar-refractivity contribution in [3.8, 4) is 0 Å². The van der Waals surface area contributed by atoms with Gasteiger partial charge in [0.1, 0.15) is 6.04 Å². The smallest absolute Gasteiger partial charge is 0.463 e. The molecule has 0 aromatic heterocycles. The molecule has 1 aliphatic heterocycles. The summed E-state index contributed by atoms with van der Waals surface area (Å²) in [5, 5.41) is 8.71. The quantitative estimate of drug-likeness (QED) is 0.779. The van der Waals surface area contributed by atoms with Crippen LogP contribution in [0.15, 0.2) is 0 Å². The molecule has 0 radical (unpaired) electrons. The first-order valence-electron chi connectivity index (χ1n) is 5.07. The van der Waals surface area contributed by atoms with Gasteiger partial charge in [-0.15, -0.1) is 0 Å². The van der Waals surface area contributed by atoms with Crippen molar-refractivity contribution in [3.05, 3.63) is 0 Å². The summed E-state index contributed by atoms with van der Waals surface area (Å²) >= 11 is 0. The van der Waals surface area contributed by atoms with Crippen molar-refractivity contribution < 1.29 is 36.6 Å². The number of hydrogen-bond acceptors (Lipinski definition) is 2. The molecule has 0 spiro atoms. The van der Waals surface area contributed by atoms with Crippen LogP contribution in [0.3, 0.4) is 0 Å². The molecule has 1 amide bonds. The van der Waals surface area contributed by atoms with Gasteiger partial charge in [0, 0.05) is 6.54 Å². The molecule has 9 heteroatoms. The molecule has 4 nitrogen and oxygen atoms in total. The second kappa shape index (κ2) is 4.69. The fourth-order valence-corrected chi connectivity index (χ4v) is 1.73. The number of carbonyl (C=O) groups excluding carboxylic acids is 1. The summed E-state index contributed by atoms with van der Waals surface area (Å²) in [5.41, 5.74) is 0. The van der Waals surface area contributed by atoms with E-state index in [1.807, 2.05) is 0 Å². The number of piperidine rings is 1. The number of hydrogen-bond donors (Lipinski definition) is 1. The Morgan fingerprint density at radius 3 is 2.11 bits per heavy atom. The number of carboxylic acid groups (broad SMARTS) is 1. The van der Waals surface area contributed by atoms with E-state index in [0.29, 0.717) is 6.42 Å². The highest BCUT2D eigenvalue weighted by molar-refractivity contribution is 5.89. The van der Waals surface area contributed by atoms with Crippen LogP contribution in [-0.4, -0.2) is 46.6 Å². The molecule has 1 atom stereocenters. The molecular formula is C9H10F5NO3. The van der Waals surface area contributed by atoms with Crippen LogP contribution in [-0.2, 0) is 9.59 Å². The number of aliphatic carboxylic acids is 1. The Balaban J connectivity index is 2.97. The molecule has 0 aromatic carbocycles. The molecule has 0 aromatic rings. The number of amides is 1. The normalized spacial score (nSPS) is 21.8. The van der Waals surface area contributed by atoms with Crippen molar-refractivity contribution in [2.24, 2.45) is 0 Å². The maximum atomic E-state index is 12.8. The van der Waals surface area contributed by atoms with Gasteiger partial charge in [-0.05, 0) is 19.3 Å². The van der Waals surface area contributed by atoms with E-state index in [4.69, 9.17) is 5.11 Å². The topological polar surface area (TPSA) is 57.6 Å². The number of nitrogens with zero attached hydrogens (tertiary/aromatic N) is 1. The van der Waals surface area contributed by atoms with Crippen molar-refractivity contribution in [1.29, 1.82) is 0 Å². The number of halogens is 5. The zero-order chi connectivity index (χ0) is 14.1. The average Bonchev–Trinajstić information content (AvgIpc) is 2.26. The third-order valence-electron chi connectivity index (χ3n) is 2.67. The second-order valence-electron chi connectivity index (χ2n) is 3.92. The Bertz CT molecular complexity index is 355. The number of carboxylic acids is 1. The molecule has 0 aliphatic carbocycles. The summed E-state index contributed by atoms with van der Waals surface area (Å²) in [6.45, 7) is -0.415. The van der Waals surface area contributed by atoms with Gasteiger partial charge in [0.25, 0.3) is 0 Å². The molecule has 0 unspecified atom stereocenters. The maximum Gasteiger partial charge on any atom is 0.463 e. The number of alkyl halides is 5. The van der Waals surface area contributed by atoms with E-state index >= 15 is 0 Å². The van der Waals surface area contributed by atoms with Gasteiger partial charge in [0.05, 0.1) is 0 Å². The summed E-state index contributed by atoms with van der Waals surface area (Å²) in [7, 11) is 0. The highest BCUT2D eigenvalue weighted by atomic mass is 19.4. The van der Waals surface area contributed by atoms with Crippen LogP contribution >= 0.6 is 0 Å². The van der Waals surface area contributed by atoms with E-state index in [0.717, 1.165) is 0 Å². The molecule has 1 saturated heterocycles. The third kappa shape index (κ3) is 2.54. The summed E-state index contributed by atoms with van der Waals surface area (Å²) in [5.74, 6) is -9.64. The van der Waals surface area contributed by atoms with Gasteiger partial charge >= 0.3 is 24.0 Å². The van der Waals surface area contributed by atoms with E-state index < -0.39 is 36.6 Å². The minimum atomic E-state index is -6.02. The maximum absolute atomic E-state index is 12.8. The van der Waals surface area contributed by atoms with Crippen molar-refractivity contribution >= 4 is 11.9 Å². The molecule has 104 valence electrons. The summed E-state index contributed by atoms with van der Waals surface area (Å²) in [4.78, 5) is 22.0. The van der Waals surface area contributed by atoms with Gasteiger partial charge in [-0.25, -0.2) is 4.79 Å². The highest BCUT2D eigenvalue weighted by Gasteiger charge is 2.65. The lowest BCUT2D eigenvalue weighted by Crippen LogP contribution is -2.58. The number of carbonyl (C=O) groups is 2. The summed E-state index contributed by atoms with van der Waals surface area (Å²) in [6.07, 6.45) is -5.60. The lowest BCUT2D eigenvalue weighted by Gasteiger charge is -2.35. The van der Waals surface area contributed by atoms with E-state index in [9.17, 15) is 31.5 Å². The second-order valence-corrected chi connectivity index (χ2v) is 3.92. The minimum Gasteiger partial charge on any atom is -0.480 e. The van der Waals surface area contributed by atoms with Crippen molar-refractivity contribution in [1.82, 2.24) is 4.90 Å². The molecule has 1 fully saturated rings. The molecule has 1 aliphatic rings. The van der Waals surface area contributed by atoms with E-state index in [-0.39, 0.29) is 17.7 Å². The van der Waals surface area contributed by atoms with Gasteiger partial charge in [0.2, 0.25) is 0 Å². The number of likely N-dealkylation sites (tertiary alicyclic amines) is 1. The lowest BCUT2D eigenvalue weighted by molar-refractivity contribution is -0.275. The Morgan fingerprint density at radius 1 is 1.11 bits per heavy atom. The standard InChI is InChI=1S/C9H10F5NO3/c10-8(11,9(12,13)14)7(18)15-4-2-1-3-5(15)6(16)17/h5H,1-4H2,(H,16,17)/t5-/m1/s1. The molecule has 18 heavy (non-hydrogen) atoms.